The minimum atomic E-state index is -1.33. The van der Waals surface area contributed by atoms with Crippen LogP contribution >= 0.6 is 23.2 Å². The summed E-state index contributed by atoms with van der Waals surface area (Å²) in [7, 11) is 1.30. The Morgan fingerprint density at radius 2 is 1.82 bits per heavy atom. The van der Waals surface area contributed by atoms with E-state index in [9.17, 15) is 14.4 Å². The third-order valence-corrected chi connectivity index (χ3v) is 3.38. The maximum Gasteiger partial charge on any atom is 0.308 e. The third-order valence-electron chi connectivity index (χ3n) is 2.77. The van der Waals surface area contributed by atoms with Gasteiger partial charge in [-0.3, -0.25) is 14.4 Å². The number of carbonyl (C=O) groups excluding carboxylic acids is 1. The molecule has 0 heterocycles. The molecule has 0 radical (unpaired) electrons. The molecule has 0 aliphatic carbocycles. The zero-order chi connectivity index (χ0) is 16.9. The van der Waals surface area contributed by atoms with Gasteiger partial charge in [-0.25, -0.2) is 0 Å². The highest BCUT2D eigenvalue weighted by Crippen LogP contribution is 2.33. The second-order valence-electron chi connectivity index (χ2n) is 4.28. The monoisotopic (exact) mass is 349 g/mol. The molecule has 0 fully saturated rings. The fraction of sp³-hybridized carbons (Fsp3) is 0.308. The van der Waals surface area contributed by atoms with Gasteiger partial charge in [0.2, 0.25) is 0 Å². The lowest BCUT2D eigenvalue weighted by molar-refractivity contribution is -0.148. The second-order valence-corrected chi connectivity index (χ2v) is 5.09. The van der Waals surface area contributed by atoms with Gasteiger partial charge in [0.15, 0.2) is 5.75 Å². The van der Waals surface area contributed by atoms with E-state index in [0.717, 1.165) is 0 Å². The molecule has 1 unspecified atom stereocenters. The summed E-state index contributed by atoms with van der Waals surface area (Å²) in [5, 5.41) is 20.1. The van der Waals surface area contributed by atoms with Crippen LogP contribution in [0.3, 0.4) is 0 Å². The minimum Gasteiger partial charge on any atom is -0.494 e. The van der Waals surface area contributed by atoms with Gasteiger partial charge in [0.25, 0.3) is 5.91 Å². The van der Waals surface area contributed by atoms with Crippen LogP contribution in [0.15, 0.2) is 12.1 Å². The van der Waals surface area contributed by atoms with Crippen molar-refractivity contribution < 1.29 is 29.3 Å². The highest BCUT2D eigenvalue weighted by atomic mass is 35.5. The largest absolute Gasteiger partial charge is 0.494 e. The number of carboxylic acid groups (broad SMARTS) is 2. The fourth-order valence-corrected chi connectivity index (χ4v) is 2.18. The number of nitrogens with one attached hydrogen (secondary N) is 1. The summed E-state index contributed by atoms with van der Waals surface area (Å²) < 4.78 is 5.01. The third kappa shape index (κ3) is 4.51. The number of aliphatic carboxylic acids is 2. The van der Waals surface area contributed by atoms with Crippen molar-refractivity contribution in [2.24, 2.45) is 5.92 Å². The predicted molar refractivity (Wildman–Crippen MR) is 78.7 cm³/mol. The molecule has 1 atom stereocenters. The normalized spacial score (nSPS) is 11.6. The number of carbonyl (C=O) groups is 3. The molecular weight excluding hydrogens is 337 g/mol. The average molecular weight is 350 g/mol. The van der Waals surface area contributed by atoms with Crippen molar-refractivity contribution in [2.75, 3.05) is 13.7 Å². The maximum absolute atomic E-state index is 12.1. The van der Waals surface area contributed by atoms with Crippen molar-refractivity contribution in [1.82, 2.24) is 5.32 Å². The second kappa shape index (κ2) is 7.86. The van der Waals surface area contributed by atoms with Crippen molar-refractivity contribution in [1.29, 1.82) is 0 Å². The van der Waals surface area contributed by atoms with Crippen LogP contribution < -0.4 is 10.1 Å². The lowest BCUT2D eigenvalue weighted by Gasteiger charge is -2.14. The van der Waals surface area contributed by atoms with E-state index in [1.165, 1.54) is 19.2 Å². The van der Waals surface area contributed by atoms with Crippen LogP contribution in [0.2, 0.25) is 10.0 Å². The number of benzene rings is 1. The molecule has 0 saturated heterocycles. The molecule has 0 aromatic heterocycles. The fourth-order valence-electron chi connectivity index (χ4n) is 1.71. The molecule has 3 N–H and O–H groups in total. The molecule has 1 amide bonds. The van der Waals surface area contributed by atoms with Crippen LogP contribution in [-0.2, 0) is 9.59 Å². The van der Waals surface area contributed by atoms with Crippen molar-refractivity contribution in [3.05, 3.63) is 27.7 Å². The SMILES string of the molecule is COc1c(Cl)ccc(Cl)c1C(=O)NCC(CC(=O)O)C(=O)O. The maximum atomic E-state index is 12.1. The highest BCUT2D eigenvalue weighted by molar-refractivity contribution is 6.37. The van der Waals surface area contributed by atoms with E-state index in [2.05, 4.69) is 5.32 Å². The van der Waals surface area contributed by atoms with Crippen LogP contribution in [0.1, 0.15) is 16.8 Å². The first kappa shape index (κ1) is 18.1. The molecule has 0 bridgehead atoms. The molecule has 22 heavy (non-hydrogen) atoms. The standard InChI is InChI=1S/C13H13Cl2NO6/c1-22-11-8(15)3-2-7(14)10(11)12(19)16-5-6(13(20)21)4-9(17)18/h2-3,6H,4-5H2,1H3,(H,16,19)(H,17,18)(H,20,21). The van der Waals surface area contributed by atoms with E-state index >= 15 is 0 Å². The molecule has 0 saturated carbocycles. The number of methoxy groups -OCH3 is 1. The lowest BCUT2D eigenvalue weighted by atomic mass is 10.1. The Hall–Kier alpha value is -1.99. The van der Waals surface area contributed by atoms with Gasteiger partial charge in [-0.2, -0.15) is 0 Å². The van der Waals surface area contributed by atoms with E-state index in [1.54, 1.807) is 0 Å². The number of carboxylic acids is 2. The molecule has 1 aromatic rings. The molecule has 7 nitrogen and oxygen atoms in total. The van der Waals surface area contributed by atoms with Gasteiger partial charge in [-0.15, -0.1) is 0 Å². The molecular formula is C13H13Cl2NO6. The van der Waals surface area contributed by atoms with Crippen molar-refractivity contribution >= 4 is 41.0 Å². The smallest absolute Gasteiger partial charge is 0.308 e. The van der Waals surface area contributed by atoms with E-state index in [4.69, 9.17) is 38.2 Å². The zero-order valence-corrected chi connectivity index (χ0v) is 12.9. The molecule has 9 heteroatoms. The molecule has 1 rings (SSSR count). The van der Waals surface area contributed by atoms with Crippen LogP contribution in [0.4, 0.5) is 0 Å². The van der Waals surface area contributed by atoms with E-state index in [-0.39, 0.29) is 27.9 Å². The lowest BCUT2D eigenvalue weighted by Crippen LogP contribution is -2.34. The summed E-state index contributed by atoms with van der Waals surface area (Å²) in [4.78, 5) is 33.7. The van der Waals surface area contributed by atoms with Crippen LogP contribution in [0.25, 0.3) is 0 Å². The van der Waals surface area contributed by atoms with Gasteiger partial charge in [-0.05, 0) is 12.1 Å². The quantitative estimate of drug-likeness (QED) is 0.692. The first-order chi connectivity index (χ1) is 10.3. The van der Waals surface area contributed by atoms with E-state index in [1.807, 2.05) is 0 Å². The number of hydrogen-bond acceptors (Lipinski definition) is 4. The summed E-state index contributed by atoms with van der Waals surface area (Å²) >= 11 is 11.8. The Kier molecular flexibility index (Phi) is 6.45. The summed E-state index contributed by atoms with van der Waals surface area (Å²) in [6.45, 7) is -0.369. The first-order valence-electron chi connectivity index (χ1n) is 6.02. The summed E-state index contributed by atoms with van der Waals surface area (Å²) in [6, 6.07) is 2.84. The van der Waals surface area contributed by atoms with Gasteiger partial charge >= 0.3 is 11.9 Å². The molecule has 0 spiro atoms. The van der Waals surface area contributed by atoms with Crippen LogP contribution in [0.5, 0.6) is 5.75 Å². The number of hydrogen-bond donors (Lipinski definition) is 3. The molecule has 0 aliphatic heterocycles. The summed E-state index contributed by atoms with van der Waals surface area (Å²) in [5.41, 5.74) is -0.0452. The Bertz CT molecular complexity index is 604. The Morgan fingerprint density at radius 1 is 1.23 bits per heavy atom. The Balaban J connectivity index is 2.92. The van der Waals surface area contributed by atoms with Gasteiger partial charge in [-0.1, -0.05) is 23.2 Å². The van der Waals surface area contributed by atoms with Crippen molar-refractivity contribution in [3.8, 4) is 5.75 Å². The molecule has 120 valence electrons. The highest BCUT2D eigenvalue weighted by Gasteiger charge is 2.24. The van der Waals surface area contributed by atoms with E-state index in [0.29, 0.717) is 0 Å². The topological polar surface area (TPSA) is 113 Å². The van der Waals surface area contributed by atoms with Gasteiger partial charge in [0.05, 0.1) is 29.5 Å². The van der Waals surface area contributed by atoms with Gasteiger partial charge in [0, 0.05) is 6.54 Å². The summed E-state index contributed by atoms with van der Waals surface area (Å²) in [6.07, 6.45) is -0.615. The number of halogens is 2. The number of amides is 1. The van der Waals surface area contributed by atoms with Crippen molar-refractivity contribution in [3.63, 3.8) is 0 Å². The number of rotatable bonds is 7. The summed E-state index contributed by atoms with van der Waals surface area (Å²) in [5.74, 6) is -4.52. The van der Waals surface area contributed by atoms with Crippen LogP contribution in [-0.4, -0.2) is 41.7 Å². The Labute approximate surface area is 135 Å². The zero-order valence-electron chi connectivity index (χ0n) is 11.4. The van der Waals surface area contributed by atoms with Gasteiger partial charge < -0.3 is 20.3 Å². The van der Waals surface area contributed by atoms with E-state index < -0.39 is 30.2 Å². The minimum absolute atomic E-state index is 0.0452. The Morgan fingerprint density at radius 3 is 2.32 bits per heavy atom. The first-order valence-corrected chi connectivity index (χ1v) is 6.78. The average Bonchev–Trinajstić information content (AvgIpc) is 2.44. The van der Waals surface area contributed by atoms with Crippen LogP contribution in [0, 0.1) is 5.92 Å². The van der Waals surface area contributed by atoms with Crippen molar-refractivity contribution in [2.45, 2.75) is 6.42 Å². The van der Waals surface area contributed by atoms with Gasteiger partial charge in [0.1, 0.15) is 5.56 Å². The molecule has 1 aromatic carbocycles. The predicted octanol–water partition coefficient (Wildman–Crippen LogP) is 1.91. The molecule has 0 aliphatic rings. The number of ether oxygens (including phenoxy) is 1.